The summed E-state index contributed by atoms with van der Waals surface area (Å²) in [6, 6.07) is 4.16. The van der Waals surface area contributed by atoms with Gasteiger partial charge in [-0.05, 0) is 50.4 Å². The topological polar surface area (TPSA) is 44.5 Å². The summed E-state index contributed by atoms with van der Waals surface area (Å²) in [5.41, 5.74) is 8.28. The Labute approximate surface area is 103 Å². The lowest BCUT2D eigenvalue weighted by molar-refractivity contribution is 0.373. The molecule has 3 heteroatoms. The van der Waals surface area contributed by atoms with Gasteiger partial charge < -0.3 is 15.2 Å². The Morgan fingerprint density at radius 3 is 2.06 bits per heavy atom. The maximum absolute atomic E-state index is 5.72. The highest BCUT2D eigenvalue weighted by Gasteiger charge is 2.47. The van der Waals surface area contributed by atoms with E-state index >= 15 is 0 Å². The quantitative estimate of drug-likeness (QED) is 0.852. The summed E-state index contributed by atoms with van der Waals surface area (Å²) in [7, 11) is 3.44. The van der Waals surface area contributed by atoms with Gasteiger partial charge in [0.25, 0.3) is 0 Å². The number of nitrogens with two attached hydrogens (primary N) is 1. The molecule has 3 nitrogen and oxygen atoms in total. The van der Waals surface area contributed by atoms with E-state index in [0.717, 1.165) is 23.5 Å². The number of rotatable bonds is 5. The van der Waals surface area contributed by atoms with Crippen molar-refractivity contribution in [2.45, 2.75) is 31.6 Å². The van der Waals surface area contributed by atoms with Gasteiger partial charge >= 0.3 is 0 Å². The fourth-order valence-electron chi connectivity index (χ4n) is 2.62. The molecule has 0 spiro atoms. The third kappa shape index (κ3) is 2.12. The van der Waals surface area contributed by atoms with E-state index in [-0.39, 0.29) is 5.41 Å². The van der Waals surface area contributed by atoms with Crippen molar-refractivity contribution < 1.29 is 9.47 Å². The lowest BCUT2D eigenvalue weighted by atomic mass is 9.90. The zero-order valence-corrected chi connectivity index (χ0v) is 10.9. The van der Waals surface area contributed by atoms with Crippen LogP contribution in [0.2, 0.25) is 0 Å². The van der Waals surface area contributed by atoms with Crippen LogP contribution in [0.1, 0.15) is 30.4 Å². The van der Waals surface area contributed by atoms with Gasteiger partial charge in [-0.15, -0.1) is 0 Å². The molecule has 0 aliphatic heterocycles. The second-order valence-electron chi connectivity index (χ2n) is 4.86. The molecule has 0 atom stereocenters. The maximum Gasteiger partial charge on any atom is 0.126 e. The smallest absolute Gasteiger partial charge is 0.126 e. The van der Waals surface area contributed by atoms with E-state index in [2.05, 4.69) is 19.1 Å². The normalized spacial score (nSPS) is 16.7. The Bertz CT molecular complexity index is 386. The number of hydrogen-bond donors (Lipinski definition) is 1. The van der Waals surface area contributed by atoms with Gasteiger partial charge in [0.1, 0.15) is 11.5 Å². The van der Waals surface area contributed by atoms with E-state index in [1.54, 1.807) is 14.2 Å². The second kappa shape index (κ2) is 4.57. The Hall–Kier alpha value is -1.22. The van der Waals surface area contributed by atoms with Crippen molar-refractivity contribution in [1.82, 2.24) is 0 Å². The van der Waals surface area contributed by atoms with E-state index in [9.17, 15) is 0 Å². The van der Waals surface area contributed by atoms with Gasteiger partial charge in [0, 0.05) is 11.0 Å². The van der Waals surface area contributed by atoms with Gasteiger partial charge in [0.05, 0.1) is 14.2 Å². The van der Waals surface area contributed by atoms with Crippen LogP contribution < -0.4 is 15.2 Å². The van der Waals surface area contributed by atoms with E-state index < -0.39 is 0 Å². The summed E-state index contributed by atoms with van der Waals surface area (Å²) in [4.78, 5) is 0. The van der Waals surface area contributed by atoms with Crippen molar-refractivity contribution in [3.8, 4) is 11.5 Å². The van der Waals surface area contributed by atoms with E-state index in [1.807, 2.05) is 0 Å². The molecule has 0 heterocycles. The van der Waals surface area contributed by atoms with Crippen LogP contribution in [0.25, 0.3) is 0 Å². The molecule has 0 bridgehead atoms. The van der Waals surface area contributed by atoms with Crippen LogP contribution in [0.15, 0.2) is 12.1 Å². The van der Waals surface area contributed by atoms with Crippen LogP contribution in [0.3, 0.4) is 0 Å². The summed E-state index contributed by atoms with van der Waals surface area (Å²) in [5, 5.41) is 0. The number of hydrogen-bond acceptors (Lipinski definition) is 3. The van der Waals surface area contributed by atoms with Crippen LogP contribution in [-0.4, -0.2) is 20.8 Å². The van der Waals surface area contributed by atoms with Crippen LogP contribution in [0, 0.1) is 6.92 Å². The van der Waals surface area contributed by atoms with Crippen molar-refractivity contribution >= 4 is 0 Å². The first kappa shape index (κ1) is 12.2. The molecule has 0 aromatic heterocycles. The highest BCUT2D eigenvalue weighted by Crippen LogP contribution is 2.56. The minimum Gasteiger partial charge on any atom is -0.496 e. The molecule has 2 rings (SSSR count). The van der Waals surface area contributed by atoms with Crippen molar-refractivity contribution in [2.24, 2.45) is 5.73 Å². The highest BCUT2D eigenvalue weighted by atomic mass is 16.5. The Morgan fingerprint density at radius 2 is 1.71 bits per heavy atom. The molecule has 1 aliphatic carbocycles. The van der Waals surface area contributed by atoms with Crippen LogP contribution in [0.5, 0.6) is 11.5 Å². The van der Waals surface area contributed by atoms with Gasteiger partial charge in [-0.1, -0.05) is 0 Å². The Balaban J connectivity index is 2.50. The molecule has 1 aliphatic rings. The van der Waals surface area contributed by atoms with Crippen molar-refractivity contribution in [3.63, 3.8) is 0 Å². The second-order valence-corrected chi connectivity index (χ2v) is 4.86. The lowest BCUT2D eigenvalue weighted by Gasteiger charge is -2.21. The number of ether oxygens (including phenoxy) is 2. The van der Waals surface area contributed by atoms with Crippen LogP contribution >= 0.6 is 0 Å². The number of methoxy groups -OCH3 is 2. The van der Waals surface area contributed by atoms with Crippen LogP contribution in [-0.2, 0) is 5.41 Å². The largest absolute Gasteiger partial charge is 0.496 e. The molecular weight excluding hydrogens is 214 g/mol. The first-order valence-corrected chi connectivity index (χ1v) is 6.10. The molecule has 1 fully saturated rings. The van der Waals surface area contributed by atoms with E-state index in [4.69, 9.17) is 15.2 Å². The minimum atomic E-state index is 0.194. The standard InChI is InChI=1S/C14H21NO2/c1-10-8-11(16-2)13(12(9-10)17-3)14(4-5-14)6-7-15/h8-9H,4-7,15H2,1-3H3. The molecule has 0 saturated heterocycles. The predicted molar refractivity (Wildman–Crippen MR) is 68.9 cm³/mol. The molecule has 94 valence electrons. The van der Waals surface area contributed by atoms with Gasteiger partial charge in [0.2, 0.25) is 0 Å². The Kier molecular flexibility index (Phi) is 3.29. The monoisotopic (exact) mass is 235 g/mol. The summed E-state index contributed by atoms with van der Waals surface area (Å²) in [5.74, 6) is 1.88. The average molecular weight is 235 g/mol. The Morgan fingerprint density at radius 1 is 1.18 bits per heavy atom. The SMILES string of the molecule is COc1cc(C)cc(OC)c1C1(CCN)CC1. The molecule has 17 heavy (non-hydrogen) atoms. The third-order valence-electron chi connectivity index (χ3n) is 3.66. The lowest BCUT2D eigenvalue weighted by Crippen LogP contribution is -2.16. The first-order valence-electron chi connectivity index (χ1n) is 6.10. The summed E-state index contributed by atoms with van der Waals surface area (Å²) < 4.78 is 11.0. The van der Waals surface area contributed by atoms with Gasteiger partial charge in [0.15, 0.2) is 0 Å². The van der Waals surface area contributed by atoms with E-state index in [0.29, 0.717) is 6.54 Å². The molecule has 0 radical (unpaired) electrons. The van der Waals surface area contributed by atoms with Gasteiger partial charge in [-0.3, -0.25) is 0 Å². The highest BCUT2D eigenvalue weighted by molar-refractivity contribution is 5.54. The number of benzene rings is 1. The van der Waals surface area contributed by atoms with Crippen molar-refractivity contribution in [1.29, 1.82) is 0 Å². The summed E-state index contributed by atoms with van der Waals surface area (Å²) in [6.07, 6.45) is 3.36. The van der Waals surface area contributed by atoms with Crippen molar-refractivity contribution in [3.05, 3.63) is 23.3 Å². The summed E-state index contributed by atoms with van der Waals surface area (Å²) in [6.45, 7) is 2.76. The molecule has 0 unspecified atom stereocenters. The zero-order valence-electron chi connectivity index (χ0n) is 10.9. The average Bonchev–Trinajstić information content (AvgIpc) is 3.08. The predicted octanol–water partition coefficient (Wildman–Crippen LogP) is 2.39. The number of aryl methyl sites for hydroxylation is 1. The summed E-state index contributed by atoms with van der Waals surface area (Å²) >= 11 is 0. The zero-order chi connectivity index (χ0) is 12.5. The van der Waals surface area contributed by atoms with E-state index in [1.165, 1.54) is 18.4 Å². The molecule has 0 amide bonds. The molecular formula is C14H21NO2. The first-order chi connectivity index (χ1) is 8.16. The molecule has 2 N–H and O–H groups in total. The molecule has 1 aromatic carbocycles. The fraction of sp³-hybridized carbons (Fsp3) is 0.571. The fourth-order valence-corrected chi connectivity index (χ4v) is 2.62. The maximum atomic E-state index is 5.72. The van der Waals surface area contributed by atoms with Gasteiger partial charge in [-0.2, -0.15) is 0 Å². The van der Waals surface area contributed by atoms with Crippen molar-refractivity contribution in [2.75, 3.05) is 20.8 Å². The molecule has 1 saturated carbocycles. The minimum absolute atomic E-state index is 0.194. The third-order valence-corrected chi connectivity index (χ3v) is 3.66. The molecule has 1 aromatic rings. The van der Waals surface area contributed by atoms with Crippen LogP contribution in [0.4, 0.5) is 0 Å². The van der Waals surface area contributed by atoms with Gasteiger partial charge in [-0.25, -0.2) is 0 Å².